The predicted octanol–water partition coefficient (Wildman–Crippen LogP) is 5.03. The molecule has 1 saturated carbocycles. The van der Waals surface area contributed by atoms with E-state index in [1.54, 1.807) is 33.5 Å². The Hall–Kier alpha value is -3.53. The Bertz CT molecular complexity index is 1210. The highest BCUT2D eigenvalue weighted by Gasteiger charge is 2.24. The van der Waals surface area contributed by atoms with Crippen molar-refractivity contribution in [2.24, 2.45) is 5.10 Å². The number of amides is 1. The normalized spacial score (nSPS) is 14.1. The Labute approximate surface area is 221 Å². The summed E-state index contributed by atoms with van der Waals surface area (Å²) in [4.78, 5) is 12.6. The van der Waals surface area contributed by atoms with Gasteiger partial charge in [-0.2, -0.15) is 5.10 Å². The smallest absolute Gasteiger partial charge is 0.250 e. The van der Waals surface area contributed by atoms with Crippen LogP contribution in [-0.2, 0) is 4.79 Å². The molecule has 1 fully saturated rings. The number of thioether (sulfide) groups is 1. The van der Waals surface area contributed by atoms with E-state index in [0.717, 1.165) is 29.4 Å². The minimum absolute atomic E-state index is 0.160. The van der Waals surface area contributed by atoms with E-state index in [4.69, 9.17) is 14.2 Å². The van der Waals surface area contributed by atoms with Gasteiger partial charge in [0, 0.05) is 23.7 Å². The number of carbonyl (C=O) groups is 1. The Balaban J connectivity index is 1.46. The fourth-order valence-electron chi connectivity index (χ4n) is 4.43. The lowest BCUT2D eigenvalue weighted by molar-refractivity contribution is -0.118. The maximum Gasteiger partial charge on any atom is 0.250 e. The molecular formula is C27H33N5O4S. The molecule has 0 unspecified atom stereocenters. The molecule has 0 radical (unpaired) electrons. The molecule has 1 aliphatic rings. The summed E-state index contributed by atoms with van der Waals surface area (Å²) in [5.41, 5.74) is 5.41. The van der Waals surface area contributed by atoms with Gasteiger partial charge in [0.1, 0.15) is 17.2 Å². The van der Waals surface area contributed by atoms with Gasteiger partial charge in [0.2, 0.25) is 0 Å². The third-order valence-electron chi connectivity index (χ3n) is 6.38. The molecule has 10 heteroatoms. The average molecular weight is 524 g/mol. The number of carbonyl (C=O) groups excluding carboxylic acids is 1. The van der Waals surface area contributed by atoms with Gasteiger partial charge in [0.05, 0.1) is 38.9 Å². The molecule has 0 aliphatic heterocycles. The van der Waals surface area contributed by atoms with Crippen molar-refractivity contribution in [2.75, 3.05) is 27.1 Å². The molecule has 3 aromatic rings. The van der Waals surface area contributed by atoms with Crippen LogP contribution in [0.15, 0.2) is 46.7 Å². The summed E-state index contributed by atoms with van der Waals surface area (Å²) in [6.45, 7) is 2.07. The second-order valence-electron chi connectivity index (χ2n) is 8.86. The van der Waals surface area contributed by atoms with Gasteiger partial charge in [0.25, 0.3) is 5.91 Å². The monoisotopic (exact) mass is 523 g/mol. The van der Waals surface area contributed by atoms with Crippen LogP contribution < -0.4 is 19.6 Å². The highest BCUT2D eigenvalue weighted by molar-refractivity contribution is 7.99. The van der Waals surface area contributed by atoms with Gasteiger partial charge < -0.3 is 14.2 Å². The highest BCUT2D eigenvalue weighted by Crippen LogP contribution is 2.36. The van der Waals surface area contributed by atoms with Crippen molar-refractivity contribution in [2.45, 2.75) is 50.2 Å². The molecule has 37 heavy (non-hydrogen) atoms. The minimum atomic E-state index is -0.247. The summed E-state index contributed by atoms with van der Waals surface area (Å²) in [7, 11) is 4.67. The van der Waals surface area contributed by atoms with Crippen LogP contribution >= 0.6 is 11.8 Å². The number of hydrogen-bond acceptors (Lipinski definition) is 8. The van der Waals surface area contributed by atoms with E-state index >= 15 is 0 Å². The number of methoxy groups -OCH3 is 3. The van der Waals surface area contributed by atoms with Gasteiger partial charge in [-0.15, -0.1) is 10.2 Å². The first-order valence-corrected chi connectivity index (χ1v) is 13.3. The number of hydrazone groups is 1. The first-order chi connectivity index (χ1) is 18.0. The number of aromatic nitrogens is 3. The first kappa shape index (κ1) is 26.5. The third-order valence-corrected chi connectivity index (χ3v) is 7.33. The topological polar surface area (TPSA) is 99.9 Å². The molecule has 1 amide bonds. The summed E-state index contributed by atoms with van der Waals surface area (Å²) >= 11 is 1.37. The van der Waals surface area contributed by atoms with Crippen LogP contribution in [0.3, 0.4) is 0 Å². The SMILES string of the molecule is COc1cc(OC)c(/C=N/NC(=O)CSc2nnc(-c3ccc(C)cc3)n2C2CCCCC2)c(OC)c1. The van der Waals surface area contributed by atoms with Crippen molar-refractivity contribution in [3.05, 3.63) is 47.5 Å². The van der Waals surface area contributed by atoms with E-state index in [1.165, 1.54) is 42.8 Å². The lowest BCUT2D eigenvalue weighted by atomic mass is 9.95. The zero-order valence-corrected chi connectivity index (χ0v) is 22.5. The summed E-state index contributed by atoms with van der Waals surface area (Å²) in [6.07, 6.45) is 7.31. The van der Waals surface area contributed by atoms with E-state index in [1.807, 2.05) is 0 Å². The Morgan fingerprint density at radius 2 is 1.73 bits per heavy atom. The van der Waals surface area contributed by atoms with Crippen molar-refractivity contribution in [1.82, 2.24) is 20.2 Å². The molecule has 0 atom stereocenters. The van der Waals surface area contributed by atoms with Gasteiger partial charge in [-0.3, -0.25) is 9.36 Å². The molecular weight excluding hydrogens is 490 g/mol. The summed E-state index contributed by atoms with van der Waals surface area (Å²) < 4.78 is 18.3. The predicted molar refractivity (Wildman–Crippen MR) is 145 cm³/mol. The Morgan fingerprint density at radius 3 is 2.35 bits per heavy atom. The molecule has 0 saturated heterocycles. The van der Waals surface area contributed by atoms with Crippen molar-refractivity contribution in [3.8, 4) is 28.6 Å². The van der Waals surface area contributed by atoms with E-state index in [0.29, 0.717) is 28.9 Å². The number of rotatable bonds is 10. The van der Waals surface area contributed by atoms with Gasteiger partial charge in [-0.1, -0.05) is 60.9 Å². The van der Waals surface area contributed by atoms with Gasteiger partial charge in [-0.05, 0) is 19.8 Å². The molecule has 0 bridgehead atoms. The van der Waals surface area contributed by atoms with Crippen molar-refractivity contribution in [1.29, 1.82) is 0 Å². The molecule has 196 valence electrons. The van der Waals surface area contributed by atoms with Crippen LogP contribution in [0.25, 0.3) is 11.4 Å². The van der Waals surface area contributed by atoms with Gasteiger partial charge in [0.15, 0.2) is 11.0 Å². The largest absolute Gasteiger partial charge is 0.496 e. The van der Waals surface area contributed by atoms with Gasteiger partial charge in [-0.25, -0.2) is 5.43 Å². The Morgan fingerprint density at radius 1 is 1.05 bits per heavy atom. The van der Waals surface area contributed by atoms with E-state index in [9.17, 15) is 4.79 Å². The van der Waals surface area contributed by atoms with Crippen LogP contribution in [-0.4, -0.2) is 54.0 Å². The molecule has 1 heterocycles. The molecule has 1 N–H and O–H groups in total. The lowest BCUT2D eigenvalue weighted by Gasteiger charge is -2.25. The van der Waals surface area contributed by atoms with Crippen molar-refractivity contribution < 1.29 is 19.0 Å². The first-order valence-electron chi connectivity index (χ1n) is 12.3. The summed E-state index contributed by atoms with van der Waals surface area (Å²) in [5, 5.41) is 13.8. The van der Waals surface area contributed by atoms with Gasteiger partial charge >= 0.3 is 0 Å². The number of aryl methyl sites for hydroxylation is 1. The maximum atomic E-state index is 12.6. The van der Waals surface area contributed by atoms with E-state index in [2.05, 4.69) is 56.5 Å². The fraction of sp³-hybridized carbons (Fsp3) is 0.407. The van der Waals surface area contributed by atoms with Crippen LogP contribution in [0, 0.1) is 6.92 Å². The summed E-state index contributed by atoms with van der Waals surface area (Å²) in [6, 6.07) is 12.1. The number of nitrogens with zero attached hydrogens (tertiary/aromatic N) is 4. The molecule has 9 nitrogen and oxygen atoms in total. The molecule has 1 aromatic heterocycles. The molecule has 0 spiro atoms. The fourth-order valence-corrected chi connectivity index (χ4v) is 5.23. The standard InChI is InChI=1S/C27H33N5O4S/c1-18-10-12-19(13-11-18)26-30-31-27(32(26)20-8-6-5-7-9-20)37-17-25(33)29-28-16-22-23(35-3)14-21(34-2)15-24(22)36-4/h10-16,20H,5-9,17H2,1-4H3,(H,29,33)/b28-16+. The maximum absolute atomic E-state index is 12.6. The number of nitrogens with one attached hydrogen (secondary N) is 1. The lowest BCUT2D eigenvalue weighted by Crippen LogP contribution is -2.21. The third kappa shape index (κ3) is 6.43. The second-order valence-corrected chi connectivity index (χ2v) is 9.80. The highest BCUT2D eigenvalue weighted by atomic mass is 32.2. The quantitative estimate of drug-likeness (QED) is 0.226. The zero-order valence-electron chi connectivity index (χ0n) is 21.7. The average Bonchev–Trinajstić information content (AvgIpc) is 3.36. The van der Waals surface area contributed by atoms with Crippen molar-refractivity contribution >= 4 is 23.9 Å². The molecule has 4 rings (SSSR count). The molecule has 2 aromatic carbocycles. The van der Waals surface area contributed by atoms with Crippen LogP contribution in [0.1, 0.15) is 49.3 Å². The Kier molecular flexibility index (Phi) is 9.05. The zero-order chi connectivity index (χ0) is 26.2. The number of hydrogen-bond donors (Lipinski definition) is 1. The minimum Gasteiger partial charge on any atom is -0.496 e. The number of benzene rings is 2. The van der Waals surface area contributed by atoms with Crippen LogP contribution in [0.5, 0.6) is 17.2 Å². The number of ether oxygens (including phenoxy) is 3. The van der Waals surface area contributed by atoms with Crippen LogP contribution in [0.2, 0.25) is 0 Å². The molecule has 1 aliphatic carbocycles. The summed E-state index contributed by atoms with van der Waals surface area (Å²) in [5.74, 6) is 2.40. The second kappa shape index (κ2) is 12.6. The van der Waals surface area contributed by atoms with Crippen LogP contribution in [0.4, 0.5) is 0 Å². The van der Waals surface area contributed by atoms with Crippen molar-refractivity contribution in [3.63, 3.8) is 0 Å². The van der Waals surface area contributed by atoms with E-state index < -0.39 is 0 Å². The van der Waals surface area contributed by atoms with E-state index in [-0.39, 0.29) is 11.7 Å².